The zero-order valence-electron chi connectivity index (χ0n) is 40.3. The average molecular weight is 953 g/mol. The highest BCUT2D eigenvalue weighted by molar-refractivity contribution is 6.77. The molecule has 0 aromatic heterocycles. The van der Waals surface area contributed by atoms with E-state index in [1.54, 1.807) is 281 Å². The van der Waals surface area contributed by atoms with Gasteiger partial charge in [0, 0.05) is 21.7 Å². The molecule has 40 rings (SSSR count). The first-order valence-corrected chi connectivity index (χ1v) is 30.1. The largest absolute Gasteiger partial charge is 0.0620 e. The summed E-state index contributed by atoms with van der Waals surface area (Å²) in [5.74, 6) is 1.77. The molecular weight excluding hydrogens is 937 g/mol. The van der Waals surface area contributed by atoms with E-state index in [1.165, 1.54) is 12.8 Å². The number of hydrogen-bond acceptors (Lipinski definition) is 0. The molecule has 4 bridgehead atoms. The molecule has 2 fully saturated rings. The van der Waals surface area contributed by atoms with Gasteiger partial charge in [-0.15, -0.1) is 0 Å². The first-order valence-electron chi connectivity index (χ1n) is 30.1. The standard InChI is InChI=1S/C78H16/c1-2-6-12-11(5-1)15-9-16(12)76-69-53-37-23-25-41-29(37)30-38-24-26-42(30)58-57(41)73-65-49(25)33-31-43-19-21-39-27-28-36-20-22-40(28)56-55(39)71(63(65)47(21)33)77-17-10-18(14-8-4-3-7-13(14)17)78(73,77)74(58)66-50(26)34(48(22)64(66)72(56)77)32-44(20)60(62(46(24)32)70(76)54(38)53)68-52(36)51(35(19)27)67(75(15,68)76)59(43)61(69)45(23)31/h1-8,15-18H,9-10H2. The van der Waals surface area contributed by atoms with Crippen molar-refractivity contribution in [3.05, 3.63) is 115 Å². The second-order valence-electron chi connectivity index (χ2n) is 30.2. The van der Waals surface area contributed by atoms with Gasteiger partial charge in [-0.2, -0.15) is 0 Å². The lowest BCUT2D eigenvalue weighted by Gasteiger charge is -2.57. The summed E-state index contributed by atoms with van der Waals surface area (Å²) in [4.78, 5) is 0. The van der Waals surface area contributed by atoms with Gasteiger partial charge in [0.2, 0.25) is 0 Å². The molecule has 328 valence electrons. The van der Waals surface area contributed by atoms with Gasteiger partial charge in [-0.3, -0.25) is 0 Å². The van der Waals surface area contributed by atoms with Crippen molar-refractivity contribution in [3.63, 3.8) is 0 Å². The Morgan fingerprint density at radius 3 is 0.410 bits per heavy atom. The maximum atomic E-state index is 2.66. The molecule has 0 nitrogen and oxygen atoms in total. The van der Waals surface area contributed by atoms with E-state index in [2.05, 4.69) is 48.5 Å². The van der Waals surface area contributed by atoms with Crippen LogP contribution in [0.3, 0.4) is 0 Å². The molecule has 26 aromatic rings. The Bertz CT molecular complexity index is 6760. The molecule has 4 spiro atoms. The lowest BCUT2D eigenvalue weighted by atomic mass is 9.43. The molecule has 0 saturated heterocycles. The summed E-state index contributed by atoms with van der Waals surface area (Å²) in [5, 5.41) is 83.6. The van der Waals surface area contributed by atoms with E-state index < -0.39 is 0 Å². The van der Waals surface area contributed by atoms with Crippen LogP contribution in [0.15, 0.2) is 48.5 Å². The Morgan fingerprint density at radius 1 is 0.167 bits per heavy atom. The molecular formula is C78H16. The van der Waals surface area contributed by atoms with Crippen LogP contribution in [0, 0.1) is 0 Å². The molecule has 0 N–H and O–H groups in total. The zero-order chi connectivity index (χ0) is 46.0. The highest BCUT2D eigenvalue weighted by atomic mass is 14.8. The van der Waals surface area contributed by atoms with Crippen LogP contribution in [-0.4, -0.2) is 0 Å². The number of benzene rings is 18. The summed E-state index contributed by atoms with van der Waals surface area (Å²) in [6, 6.07) is 20.4. The fourth-order valence-corrected chi connectivity index (χ4v) is 31.6. The summed E-state index contributed by atoms with van der Waals surface area (Å²) in [6.07, 6.45) is 2.54. The molecule has 4 atom stereocenters. The van der Waals surface area contributed by atoms with Crippen LogP contribution in [0.5, 0.6) is 0 Å². The molecule has 14 aliphatic rings. The molecule has 2 saturated carbocycles. The van der Waals surface area contributed by atoms with Crippen molar-refractivity contribution in [1.29, 1.82) is 0 Å². The lowest BCUT2D eigenvalue weighted by molar-refractivity contribution is 0.316. The van der Waals surface area contributed by atoms with E-state index in [0.29, 0.717) is 23.7 Å². The van der Waals surface area contributed by atoms with Gasteiger partial charge < -0.3 is 0 Å². The van der Waals surface area contributed by atoms with Crippen LogP contribution >= 0.6 is 0 Å². The highest BCUT2D eigenvalue weighted by Crippen LogP contribution is 2.94. The third-order valence-electron chi connectivity index (χ3n) is 30.9. The molecule has 0 radical (unpaired) electrons. The minimum Gasteiger partial charge on any atom is -0.0620 e. The normalized spacial score (nSPS) is 30.7. The van der Waals surface area contributed by atoms with Crippen molar-refractivity contribution < 1.29 is 0 Å². The van der Waals surface area contributed by atoms with E-state index >= 15 is 0 Å². The Labute approximate surface area is 429 Å². The molecule has 0 heteroatoms. The average Bonchev–Trinajstić information content (AvgIpc) is 1.65. The van der Waals surface area contributed by atoms with Gasteiger partial charge in [-0.1, -0.05) is 48.5 Å². The SMILES string of the molecule is c1ccc2c(c1)C1CC2C23c4c5c6c7c8c9c(c%10c%11c2c2c4c4c%12c5c5c6c6c8c8c%13c%14c%15c%16c%17c%18c%19c%20c%21c%22c%23c(c%14c%14c%24c%23c%23c%22c%22c%20c(c2c%22c%11c%23c%10c%24c9c%148)c4c%19c%12c%17c5c%16c%136)C%152C4CC(c5ccccc54)C%18%212)C713. The van der Waals surface area contributed by atoms with Crippen LogP contribution in [0.4, 0.5) is 0 Å². The van der Waals surface area contributed by atoms with Gasteiger partial charge in [-0.05, 0) is 362 Å². The van der Waals surface area contributed by atoms with E-state index in [-0.39, 0.29) is 21.7 Å². The van der Waals surface area contributed by atoms with Gasteiger partial charge in [0.25, 0.3) is 0 Å². The maximum absolute atomic E-state index is 2.66. The minimum absolute atomic E-state index is 0.160. The molecule has 14 aliphatic carbocycles. The van der Waals surface area contributed by atoms with Crippen LogP contribution < -0.4 is 0 Å². The lowest BCUT2D eigenvalue weighted by Crippen LogP contribution is -2.54. The van der Waals surface area contributed by atoms with Crippen LogP contribution in [0.25, 0.3) is 259 Å². The second kappa shape index (κ2) is 6.52. The van der Waals surface area contributed by atoms with Gasteiger partial charge >= 0.3 is 0 Å². The molecule has 78 heavy (non-hydrogen) atoms. The van der Waals surface area contributed by atoms with Crippen molar-refractivity contribution in [2.24, 2.45) is 0 Å². The van der Waals surface area contributed by atoms with Crippen molar-refractivity contribution >= 4 is 259 Å². The van der Waals surface area contributed by atoms with E-state index in [0.717, 1.165) is 0 Å². The van der Waals surface area contributed by atoms with Gasteiger partial charge in [0.15, 0.2) is 0 Å². The third kappa shape index (κ3) is 1.47. The first kappa shape index (κ1) is 29.1. The molecule has 0 aliphatic heterocycles. The fraction of sp³-hybridized carbons (Fsp3) is 0.128. The second-order valence-corrected chi connectivity index (χ2v) is 30.2. The third-order valence-corrected chi connectivity index (χ3v) is 30.9. The highest BCUT2D eigenvalue weighted by Gasteiger charge is 2.82. The molecule has 0 amide bonds. The van der Waals surface area contributed by atoms with Crippen molar-refractivity contribution in [2.45, 2.75) is 58.2 Å². The predicted molar refractivity (Wildman–Crippen MR) is 320 cm³/mol. The summed E-state index contributed by atoms with van der Waals surface area (Å²) in [6.45, 7) is 0. The van der Waals surface area contributed by atoms with Crippen LogP contribution in [-0.2, 0) is 21.7 Å². The van der Waals surface area contributed by atoms with E-state index in [1.807, 2.05) is 44.5 Å². The summed E-state index contributed by atoms with van der Waals surface area (Å²) >= 11 is 0. The van der Waals surface area contributed by atoms with Gasteiger partial charge in [0.05, 0.1) is 0 Å². The first-order chi connectivity index (χ1) is 38.9. The summed E-state index contributed by atoms with van der Waals surface area (Å²) < 4.78 is 0. The Kier molecular flexibility index (Phi) is 2.43. The molecule has 4 unspecified atom stereocenters. The summed E-state index contributed by atoms with van der Waals surface area (Å²) in [5.41, 5.74) is 21.0. The predicted octanol–water partition coefficient (Wildman–Crippen LogP) is 19.4. The van der Waals surface area contributed by atoms with Crippen molar-refractivity contribution in [3.8, 4) is 0 Å². The zero-order valence-corrected chi connectivity index (χ0v) is 40.3. The quantitative estimate of drug-likeness (QED) is 0.133. The van der Waals surface area contributed by atoms with E-state index in [9.17, 15) is 0 Å². The van der Waals surface area contributed by atoms with E-state index in [4.69, 9.17) is 0 Å². The fourth-order valence-electron chi connectivity index (χ4n) is 31.6. The number of hydrogen-bond donors (Lipinski definition) is 0. The topological polar surface area (TPSA) is 0 Å². The minimum atomic E-state index is -0.160. The van der Waals surface area contributed by atoms with Gasteiger partial charge in [-0.25, -0.2) is 0 Å². The van der Waals surface area contributed by atoms with Gasteiger partial charge in [0.1, 0.15) is 0 Å². The molecule has 0 heterocycles. The van der Waals surface area contributed by atoms with Crippen molar-refractivity contribution in [1.82, 2.24) is 0 Å². The monoisotopic (exact) mass is 952 g/mol. The van der Waals surface area contributed by atoms with Crippen molar-refractivity contribution in [2.75, 3.05) is 0 Å². The smallest absolute Gasteiger partial charge is 0.0441 e. The van der Waals surface area contributed by atoms with Crippen LogP contribution in [0.1, 0.15) is 103 Å². The molecule has 26 aromatic carbocycles. The van der Waals surface area contributed by atoms with Crippen LogP contribution in [0.2, 0.25) is 0 Å². The number of rotatable bonds is 0. The Balaban J connectivity index is 1.09. The Morgan fingerprint density at radius 2 is 0.282 bits per heavy atom. The Hall–Kier alpha value is -8.84. The summed E-state index contributed by atoms with van der Waals surface area (Å²) in [7, 11) is 0. The maximum Gasteiger partial charge on any atom is 0.0441 e.